The maximum Gasteiger partial charge on any atom is 0.0475 e. The quantitative estimate of drug-likeness (QED) is 0.794. The Morgan fingerprint density at radius 1 is 1.25 bits per heavy atom. The molecule has 1 aromatic carbocycles. The van der Waals surface area contributed by atoms with E-state index in [0.717, 1.165) is 32.6 Å². The highest BCUT2D eigenvalue weighted by atomic mass is 79.9. The minimum atomic E-state index is 0. The van der Waals surface area contributed by atoms with Gasteiger partial charge in [-0.15, -0.1) is 12.4 Å². The third kappa shape index (κ3) is 1.85. The Morgan fingerprint density at radius 2 is 2.00 bits per heavy atom. The second-order valence-corrected chi connectivity index (χ2v) is 5.35. The normalized spacial score (nSPS) is 21.1. The summed E-state index contributed by atoms with van der Waals surface area (Å²) in [5.41, 5.74) is 3.11. The molecule has 2 aliphatic rings. The van der Waals surface area contributed by atoms with Crippen LogP contribution in [-0.2, 0) is 10.2 Å². The molecule has 0 amide bonds. The van der Waals surface area contributed by atoms with E-state index in [0.29, 0.717) is 5.41 Å². The van der Waals surface area contributed by atoms with E-state index in [1.54, 1.807) is 0 Å². The first-order valence-electron chi connectivity index (χ1n) is 5.42. The number of nitrogens with one attached hydrogen (secondary N) is 1. The molecule has 1 fully saturated rings. The van der Waals surface area contributed by atoms with Crippen molar-refractivity contribution in [2.75, 3.05) is 25.1 Å². The third-order valence-corrected chi connectivity index (χ3v) is 4.11. The first-order valence-corrected chi connectivity index (χ1v) is 6.21. The van der Waals surface area contributed by atoms with E-state index in [-0.39, 0.29) is 12.4 Å². The van der Waals surface area contributed by atoms with Crippen molar-refractivity contribution >= 4 is 34.0 Å². The molecular weight excluding hydrogens is 289 g/mol. The van der Waals surface area contributed by atoms with E-state index < -0.39 is 0 Å². The number of ether oxygens (including phenoxy) is 1. The highest BCUT2D eigenvalue weighted by Gasteiger charge is 2.40. The lowest BCUT2D eigenvalue weighted by Gasteiger charge is -2.33. The van der Waals surface area contributed by atoms with Crippen LogP contribution in [0.1, 0.15) is 18.4 Å². The number of hydrogen-bond acceptors (Lipinski definition) is 2. The van der Waals surface area contributed by atoms with Crippen LogP contribution in [0.25, 0.3) is 0 Å². The Balaban J connectivity index is 0.000000963. The summed E-state index contributed by atoms with van der Waals surface area (Å²) in [6, 6.07) is 6.54. The largest absolute Gasteiger partial charge is 0.384 e. The Hall–Kier alpha value is -0.250. The number of benzene rings is 1. The van der Waals surface area contributed by atoms with Gasteiger partial charge in [-0.3, -0.25) is 0 Å². The van der Waals surface area contributed by atoms with Crippen LogP contribution >= 0.6 is 28.3 Å². The van der Waals surface area contributed by atoms with Crippen molar-refractivity contribution in [3.8, 4) is 0 Å². The Morgan fingerprint density at radius 3 is 2.75 bits per heavy atom. The van der Waals surface area contributed by atoms with E-state index in [1.165, 1.54) is 15.7 Å². The molecule has 0 bridgehead atoms. The molecule has 1 saturated heterocycles. The summed E-state index contributed by atoms with van der Waals surface area (Å²) in [5, 5.41) is 3.51. The Labute approximate surface area is 110 Å². The highest BCUT2D eigenvalue weighted by Crippen LogP contribution is 2.44. The predicted molar refractivity (Wildman–Crippen MR) is 71.6 cm³/mol. The summed E-state index contributed by atoms with van der Waals surface area (Å²) >= 11 is 3.56. The summed E-state index contributed by atoms with van der Waals surface area (Å²) in [6.07, 6.45) is 2.28. The van der Waals surface area contributed by atoms with Gasteiger partial charge in [-0.2, -0.15) is 0 Å². The van der Waals surface area contributed by atoms with Gasteiger partial charge in [0.1, 0.15) is 0 Å². The van der Waals surface area contributed by atoms with Crippen LogP contribution in [0.3, 0.4) is 0 Å². The van der Waals surface area contributed by atoms with Gasteiger partial charge in [-0.1, -0.05) is 15.9 Å². The van der Waals surface area contributed by atoms with Crippen molar-refractivity contribution in [3.05, 3.63) is 28.2 Å². The van der Waals surface area contributed by atoms with E-state index in [9.17, 15) is 0 Å². The summed E-state index contributed by atoms with van der Waals surface area (Å²) in [5.74, 6) is 0. The number of halogens is 2. The molecule has 0 saturated carbocycles. The standard InChI is InChI=1S/C12H14BrNO.ClH/c13-9-1-2-11-10(7-9)12(8-14-11)3-5-15-6-4-12;/h1-2,7,14H,3-6,8H2;1H. The van der Waals surface area contributed by atoms with Gasteiger partial charge in [-0.05, 0) is 36.6 Å². The number of hydrogen-bond donors (Lipinski definition) is 1. The predicted octanol–water partition coefficient (Wildman–Crippen LogP) is 3.34. The molecule has 2 nitrogen and oxygen atoms in total. The molecule has 16 heavy (non-hydrogen) atoms. The van der Waals surface area contributed by atoms with Gasteiger partial charge >= 0.3 is 0 Å². The van der Waals surface area contributed by atoms with Gasteiger partial charge in [0.15, 0.2) is 0 Å². The van der Waals surface area contributed by atoms with Crippen molar-refractivity contribution in [3.63, 3.8) is 0 Å². The van der Waals surface area contributed by atoms with Gasteiger partial charge in [-0.25, -0.2) is 0 Å². The van der Waals surface area contributed by atoms with Crippen LogP contribution in [0.4, 0.5) is 5.69 Å². The van der Waals surface area contributed by atoms with E-state index in [2.05, 4.69) is 39.4 Å². The zero-order valence-electron chi connectivity index (χ0n) is 8.96. The van der Waals surface area contributed by atoms with Gasteiger partial charge in [0, 0.05) is 35.3 Å². The molecule has 4 heteroatoms. The van der Waals surface area contributed by atoms with Crippen LogP contribution < -0.4 is 5.32 Å². The van der Waals surface area contributed by atoms with Crippen molar-refractivity contribution < 1.29 is 4.74 Å². The summed E-state index contributed by atoms with van der Waals surface area (Å²) < 4.78 is 6.64. The number of anilines is 1. The second-order valence-electron chi connectivity index (χ2n) is 4.44. The maximum atomic E-state index is 5.46. The lowest BCUT2D eigenvalue weighted by atomic mass is 9.76. The number of fused-ring (bicyclic) bond motifs is 2. The summed E-state index contributed by atoms with van der Waals surface area (Å²) in [4.78, 5) is 0. The maximum absolute atomic E-state index is 5.46. The molecule has 0 atom stereocenters. The monoisotopic (exact) mass is 303 g/mol. The fraction of sp³-hybridized carbons (Fsp3) is 0.500. The lowest BCUT2D eigenvalue weighted by Crippen LogP contribution is -2.35. The van der Waals surface area contributed by atoms with Gasteiger partial charge in [0.25, 0.3) is 0 Å². The van der Waals surface area contributed by atoms with Crippen LogP contribution in [0.5, 0.6) is 0 Å². The molecule has 0 aromatic heterocycles. The molecule has 1 spiro atoms. The van der Waals surface area contributed by atoms with Crippen molar-refractivity contribution in [1.29, 1.82) is 0 Å². The SMILES string of the molecule is Brc1ccc2c(c1)C1(CCOCC1)CN2.Cl. The number of rotatable bonds is 0. The lowest BCUT2D eigenvalue weighted by molar-refractivity contribution is 0.0567. The Bertz CT molecular complexity index is 385. The molecule has 2 aliphatic heterocycles. The summed E-state index contributed by atoms with van der Waals surface area (Å²) in [6.45, 7) is 2.86. The third-order valence-electron chi connectivity index (χ3n) is 3.62. The topological polar surface area (TPSA) is 21.3 Å². The zero-order chi connectivity index (χ0) is 10.3. The first kappa shape index (κ1) is 12.2. The molecule has 0 aliphatic carbocycles. The molecule has 3 rings (SSSR count). The fourth-order valence-corrected chi connectivity index (χ4v) is 3.04. The van der Waals surface area contributed by atoms with Crippen molar-refractivity contribution in [2.24, 2.45) is 0 Å². The molecule has 0 radical (unpaired) electrons. The van der Waals surface area contributed by atoms with Crippen LogP contribution in [0.15, 0.2) is 22.7 Å². The van der Waals surface area contributed by atoms with Crippen molar-refractivity contribution in [1.82, 2.24) is 0 Å². The molecule has 0 unspecified atom stereocenters. The molecule has 1 N–H and O–H groups in total. The van der Waals surface area contributed by atoms with Gasteiger partial charge in [0.05, 0.1) is 0 Å². The molecule has 88 valence electrons. The van der Waals surface area contributed by atoms with Crippen LogP contribution in [0, 0.1) is 0 Å². The highest BCUT2D eigenvalue weighted by molar-refractivity contribution is 9.10. The molecular formula is C12H15BrClNO. The molecule has 2 heterocycles. The van der Waals surface area contributed by atoms with E-state index in [4.69, 9.17) is 4.74 Å². The molecule has 1 aromatic rings. The zero-order valence-corrected chi connectivity index (χ0v) is 11.4. The second kappa shape index (κ2) is 4.55. The van der Waals surface area contributed by atoms with Gasteiger partial charge in [0.2, 0.25) is 0 Å². The van der Waals surface area contributed by atoms with E-state index in [1.807, 2.05) is 0 Å². The average molecular weight is 305 g/mol. The first-order chi connectivity index (χ1) is 7.30. The average Bonchev–Trinajstić information content (AvgIpc) is 2.59. The van der Waals surface area contributed by atoms with E-state index >= 15 is 0 Å². The minimum Gasteiger partial charge on any atom is -0.384 e. The van der Waals surface area contributed by atoms with Crippen LogP contribution in [0.2, 0.25) is 0 Å². The fourth-order valence-electron chi connectivity index (χ4n) is 2.68. The smallest absolute Gasteiger partial charge is 0.0475 e. The van der Waals surface area contributed by atoms with Crippen LogP contribution in [-0.4, -0.2) is 19.8 Å². The Kier molecular flexibility index (Phi) is 3.48. The van der Waals surface area contributed by atoms with Gasteiger partial charge < -0.3 is 10.1 Å². The summed E-state index contributed by atoms with van der Waals surface area (Å²) in [7, 11) is 0. The minimum absolute atomic E-state index is 0. The van der Waals surface area contributed by atoms with Crippen molar-refractivity contribution in [2.45, 2.75) is 18.3 Å².